The number of unbranched alkanes of at least 4 members (excludes halogenated alkanes) is 1. The van der Waals surface area contributed by atoms with Gasteiger partial charge in [-0.3, -0.25) is 9.79 Å². The van der Waals surface area contributed by atoms with Gasteiger partial charge in [0.2, 0.25) is 5.91 Å². The first-order chi connectivity index (χ1) is 12.8. The van der Waals surface area contributed by atoms with E-state index >= 15 is 0 Å². The molecule has 1 aromatic rings. The second-order valence-corrected chi connectivity index (χ2v) is 6.40. The van der Waals surface area contributed by atoms with Crippen molar-refractivity contribution >= 4 is 11.9 Å². The smallest absolute Gasteiger partial charge is 0.232 e. The lowest BCUT2D eigenvalue weighted by Gasteiger charge is -2.30. The standard InChI is InChI=1S/C20H32N4O2/c1-3-5-11-22-20(21-4-2)23-16-18(17-9-7-6-8-10-17)19(25)24-12-14-26-15-13-24/h6-10,18H,3-5,11-16H2,1-2H3,(H2,21,22,23). The van der Waals surface area contributed by atoms with Crippen LogP contribution in [0, 0.1) is 0 Å². The summed E-state index contributed by atoms with van der Waals surface area (Å²) in [6.07, 6.45) is 2.23. The van der Waals surface area contributed by atoms with Crippen molar-refractivity contribution in [2.24, 2.45) is 4.99 Å². The first kappa shape index (κ1) is 20.2. The molecule has 0 aromatic heterocycles. The normalized spacial score (nSPS) is 16.2. The average molecular weight is 361 g/mol. The number of hydrogen-bond acceptors (Lipinski definition) is 3. The number of guanidine groups is 1. The van der Waals surface area contributed by atoms with Crippen molar-refractivity contribution in [3.05, 3.63) is 35.9 Å². The van der Waals surface area contributed by atoms with Crippen LogP contribution in [0.3, 0.4) is 0 Å². The van der Waals surface area contributed by atoms with Gasteiger partial charge < -0.3 is 20.3 Å². The maximum atomic E-state index is 13.1. The lowest BCUT2D eigenvalue weighted by molar-refractivity contribution is -0.136. The Morgan fingerprint density at radius 3 is 2.58 bits per heavy atom. The summed E-state index contributed by atoms with van der Waals surface area (Å²) < 4.78 is 5.38. The van der Waals surface area contributed by atoms with Crippen LogP contribution in [0.1, 0.15) is 38.2 Å². The molecule has 1 amide bonds. The van der Waals surface area contributed by atoms with Crippen LogP contribution < -0.4 is 10.6 Å². The highest BCUT2D eigenvalue weighted by atomic mass is 16.5. The fourth-order valence-electron chi connectivity index (χ4n) is 2.92. The Kier molecular flexibility index (Phi) is 8.96. The van der Waals surface area contributed by atoms with Crippen LogP contribution in [0.4, 0.5) is 0 Å². The van der Waals surface area contributed by atoms with Crippen molar-refractivity contribution in [3.8, 4) is 0 Å². The summed E-state index contributed by atoms with van der Waals surface area (Å²) in [5, 5.41) is 6.60. The quantitative estimate of drug-likeness (QED) is 0.423. The van der Waals surface area contributed by atoms with Crippen LogP contribution in [0.25, 0.3) is 0 Å². The van der Waals surface area contributed by atoms with Crippen LogP contribution in [0.2, 0.25) is 0 Å². The van der Waals surface area contributed by atoms with Crippen molar-refractivity contribution in [2.45, 2.75) is 32.6 Å². The van der Waals surface area contributed by atoms with Crippen molar-refractivity contribution in [1.29, 1.82) is 0 Å². The molecule has 1 aliphatic rings. The van der Waals surface area contributed by atoms with Crippen LogP contribution >= 0.6 is 0 Å². The van der Waals surface area contributed by atoms with Crippen molar-refractivity contribution in [3.63, 3.8) is 0 Å². The number of aliphatic imine (C=N–C) groups is 1. The predicted molar refractivity (Wildman–Crippen MR) is 105 cm³/mol. The van der Waals surface area contributed by atoms with E-state index in [1.165, 1.54) is 0 Å². The zero-order valence-corrected chi connectivity index (χ0v) is 16.0. The Morgan fingerprint density at radius 1 is 1.19 bits per heavy atom. The topological polar surface area (TPSA) is 66.0 Å². The van der Waals surface area contributed by atoms with Gasteiger partial charge in [-0.2, -0.15) is 0 Å². The summed E-state index contributed by atoms with van der Waals surface area (Å²) in [5.41, 5.74) is 1.01. The summed E-state index contributed by atoms with van der Waals surface area (Å²) >= 11 is 0. The van der Waals surface area contributed by atoms with E-state index in [4.69, 9.17) is 9.73 Å². The van der Waals surface area contributed by atoms with E-state index in [2.05, 4.69) is 17.6 Å². The molecule has 0 spiro atoms. The summed E-state index contributed by atoms with van der Waals surface area (Å²) in [6.45, 7) is 8.85. The predicted octanol–water partition coefficient (Wildman–Crippen LogP) is 1.98. The molecule has 2 N–H and O–H groups in total. The molecule has 1 aromatic carbocycles. The molecule has 0 aliphatic carbocycles. The first-order valence-electron chi connectivity index (χ1n) is 9.69. The summed E-state index contributed by atoms with van der Waals surface area (Å²) in [5.74, 6) is 0.639. The molecule has 1 atom stereocenters. The number of hydrogen-bond donors (Lipinski definition) is 2. The summed E-state index contributed by atoms with van der Waals surface area (Å²) in [6, 6.07) is 9.94. The van der Waals surface area contributed by atoms with Gasteiger partial charge in [-0.15, -0.1) is 0 Å². The minimum absolute atomic E-state index is 0.132. The highest BCUT2D eigenvalue weighted by Gasteiger charge is 2.27. The average Bonchev–Trinajstić information content (AvgIpc) is 2.69. The molecule has 0 saturated carbocycles. The van der Waals surface area contributed by atoms with Gasteiger partial charge in [-0.1, -0.05) is 43.7 Å². The van der Waals surface area contributed by atoms with Gasteiger partial charge in [0.15, 0.2) is 5.96 Å². The molecule has 26 heavy (non-hydrogen) atoms. The highest BCUT2D eigenvalue weighted by molar-refractivity contribution is 5.85. The number of ether oxygens (including phenoxy) is 1. The Hall–Kier alpha value is -2.08. The monoisotopic (exact) mass is 360 g/mol. The van der Waals surface area contributed by atoms with E-state index in [-0.39, 0.29) is 11.8 Å². The molecular formula is C20H32N4O2. The number of nitrogens with one attached hydrogen (secondary N) is 2. The fraction of sp³-hybridized carbons (Fsp3) is 0.600. The summed E-state index contributed by atoms with van der Waals surface area (Å²) in [7, 11) is 0. The molecule has 2 rings (SSSR count). The van der Waals surface area contributed by atoms with Crippen LogP contribution in [-0.2, 0) is 9.53 Å². The molecule has 1 aliphatic heterocycles. The van der Waals surface area contributed by atoms with E-state index in [1.807, 2.05) is 42.2 Å². The molecule has 1 heterocycles. The molecular weight excluding hydrogens is 328 g/mol. The molecule has 6 nitrogen and oxygen atoms in total. The minimum Gasteiger partial charge on any atom is -0.378 e. The molecule has 1 unspecified atom stereocenters. The maximum Gasteiger partial charge on any atom is 0.232 e. The third-order valence-corrected chi connectivity index (χ3v) is 4.42. The van der Waals surface area contributed by atoms with Crippen molar-refractivity contribution in [1.82, 2.24) is 15.5 Å². The second kappa shape index (κ2) is 11.5. The fourth-order valence-corrected chi connectivity index (χ4v) is 2.92. The first-order valence-corrected chi connectivity index (χ1v) is 9.69. The van der Waals surface area contributed by atoms with E-state index in [9.17, 15) is 4.79 Å². The lowest BCUT2D eigenvalue weighted by Crippen LogP contribution is -2.44. The van der Waals surface area contributed by atoms with E-state index < -0.39 is 0 Å². The van der Waals surface area contributed by atoms with E-state index in [0.29, 0.717) is 32.8 Å². The zero-order chi connectivity index (χ0) is 18.6. The number of amides is 1. The van der Waals surface area contributed by atoms with Crippen molar-refractivity contribution < 1.29 is 9.53 Å². The number of rotatable bonds is 8. The number of benzene rings is 1. The number of morpholine rings is 1. The Labute approximate surface area is 157 Å². The van der Waals surface area contributed by atoms with Gasteiger partial charge >= 0.3 is 0 Å². The van der Waals surface area contributed by atoms with Gasteiger partial charge in [0.1, 0.15) is 0 Å². The molecule has 0 bridgehead atoms. The Balaban J connectivity index is 2.11. The number of carbonyl (C=O) groups excluding carboxylic acids is 1. The van der Waals surface area contributed by atoms with Crippen LogP contribution in [0.5, 0.6) is 0 Å². The molecule has 6 heteroatoms. The molecule has 0 radical (unpaired) electrons. The molecule has 144 valence electrons. The Morgan fingerprint density at radius 2 is 1.92 bits per heavy atom. The highest BCUT2D eigenvalue weighted by Crippen LogP contribution is 2.20. The SMILES string of the molecule is CCCCNC(=NCC(C(=O)N1CCOCC1)c1ccccc1)NCC. The third-order valence-electron chi connectivity index (χ3n) is 4.42. The van der Waals surface area contributed by atoms with Gasteiger partial charge in [0.05, 0.1) is 25.7 Å². The van der Waals surface area contributed by atoms with Gasteiger partial charge in [0, 0.05) is 26.2 Å². The number of nitrogens with zero attached hydrogens (tertiary/aromatic N) is 2. The van der Waals surface area contributed by atoms with Crippen LogP contribution in [-0.4, -0.2) is 62.7 Å². The zero-order valence-electron chi connectivity index (χ0n) is 16.0. The maximum absolute atomic E-state index is 13.1. The molecule has 1 saturated heterocycles. The lowest BCUT2D eigenvalue weighted by atomic mass is 9.97. The van der Waals surface area contributed by atoms with Gasteiger partial charge in [-0.25, -0.2) is 0 Å². The largest absolute Gasteiger partial charge is 0.378 e. The summed E-state index contributed by atoms with van der Waals surface area (Å²) in [4.78, 5) is 19.7. The van der Waals surface area contributed by atoms with Crippen LogP contribution in [0.15, 0.2) is 35.3 Å². The van der Waals surface area contributed by atoms with E-state index in [1.54, 1.807) is 0 Å². The minimum atomic E-state index is -0.268. The Bertz CT molecular complexity index is 556. The molecule has 1 fully saturated rings. The van der Waals surface area contributed by atoms with Gasteiger partial charge in [0.25, 0.3) is 0 Å². The number of carbonyl (C=O) groups is 1. The third kappa shape index (κ3) is 6.33. The van der Waals surface area contributed by atoms with Gasteiger partial charge in [-0.05, 0) is 18.9 Å². The van der Waals surface area contributed by atoms with Crippen molar-refractivity contribution in [2.75, 3.05) is 45.9 Å². The second-order valence-electron chi connectivity index (χ2n) is 6.40. The van der Waals surface area contributed by atoms with E-state index in [0.717, 1.165) is 37.5 Å².